The zero-order chi connectivity index (χ0) is 23.0. The van der Waals surface area contributed by atoms with Gasteiger partial charge >= 0.3 is 0 Å². The van der Waals surface area contributed by atoms with Crippen molar-refractivity contribution in [2.45, 2.75) is 51.9 Å². The van der Waals surface area contributed by atoms with E-state index in [0.717, 1.165) is 56.6 Å². The minimum absolute atomic E-state index is 0.278. The van der Waals surface area contributed by atoms with Gasteiger partial charge in [-0.25, -0.2) is 0 Å². The first-order chi connectivity index (χ1) is 16.2. The number of ketones is 1. The summed E-state index contributed by atoms with van der Waals surface area (Å²) in [7, 11) is 1.69. The van der Waals surface area contributed by atoms with Gasteiger partial charge in [0.2, 0.25) is 0 Å². The maximum atomic E-state index is 13.0. The van der Waals surface area contributed by atoms with Gasteiger partial charge in [-0.3, -0.25) is 4.79 Å². The lowest BCUT2D eigenvalue weighted by atomic mass is 9.86. The van der Waals surface area contributed by atoms with Crippen molar-refractivity contribution in [3.8, 4) is 5.75 Å². The molecule has 1 heterocycles. The summed E-state index contributed by atoms with van der Waals surface area (Å²) >= 11 is 0. The standard InChI is InChI=1S/C30H36O3/c1-3-28-25(11-13-29(28)24-7-5-4-6-8-24)10-12-27(31)21-26-20-23(9-14-30(26)32-2)19-22-15-17-33-18-16-22/h4-9,11,13-14,20,22,28H,3,10,12,15-19,21H2,1-2H3. The quantitative estimate of drug-likeness (QED) is 0.414. The Labute approximate surface area is 198 Å². The molecular formula is C30H36O3. The molecule has 1 unspecified atom stereocenters. The first kappa shape index (κ1) is 23.5. The molecule has 33 heavy (non-hydrogen) atoms. The number of hydrogen-bond acceptors (Lipinski definition) is 3. The largest absolute Gasteiger partial charge is 0.496 e. The van der Waals surface area contributed by atoms with Gasteiger partial charge in [0.05, 0.1) is 7.11 Å². The van der Waals surface area contributed by atoms with Gasteiger partial charge in [0.1, 0.15) is 11.5 Å². The number of allylic oxidation sites excluding steroid dienone is 4. The Hall–Kier alpha value is -2.65. The van der Waals surface area contributed by atoms with E-state index in [9.17, 15) is 4.79 Å². The van der Waals surface area contributed by atoms with Crippen molar-refractivity contribution in [1.29, 1.82) is 0 Å². The van der Waals surface area contributed by atoms with Crippen LogP contribution in [0.15, 0.2) is 66.3 Å². The molecular weight excluding hydrogens is 408 g/mol. The number of benzene rings is 2. The molecule has 1 aliphatic carbocycles. The van der Waals surface area contributed by atoms with Crippen LogP contribution >= 0.6 is 0 Å². The molecule has 2 aromatic rings. The zero-order valence-electron chi connectivity index (χ0n) is 20.0. The molecule has 0 saturated carbocycles. The third-order valence-electron chi connectivity index (χ3n) is 7.11. The van der Waals surface area contributed by atoms with E-state index in [4.69, 9.17) is 9.47 Å². The van der Waals surface area contributed by atoms with Crippen LogP contribution in [0.3, 0.4) is 0 Å². The highest BCUT2D eigenvalue weighted by Crippen LogP contribution is 2.38. The minimum Gasteiger partial charge on any atom is -0.496 e. The van der Waals surface area contributed by atoms with Crippen LogP contribution < -0.4 is 4.74 Å². The van der Waals surface area contributed by atoms with Crippen LogP contribution in [0.4, 0.5) is 0 Å². The van der Waals surface area contributed by atoms with E-state index in [1.165, 1.54) is 22.3 Å². The summed E-state index contributed by atoms with van der Waals surface area (Å²) < 4.78 is 11.1. The van der Waals surface area contributed by atoms with Crippen LogP contribution in [-0.2, 0) is 22.4 Å². The first-order valence-electron chi connectivity index (χ1n) is 12.4. The molecule has 1 aliphatic heterocycles. The molecule has 1 atom stereocenters. The van der Waals surface area contributed by atoms with Crippen molar-refractivity contribution in [1.82, 2.24) is 0 Å². The summed E-state index contributed by atoms with van der Waals surface area (Å²) in [5.74, 6) is 2.18. The Morgan fingerprint density at radius 3 is 2.58 bits per heavy atom. The second-order valence-corrected chi connectivity index (χ2v) is 9.31. The normalized spacial score (nSPS) is 18.7. The lowest BCUT2D eigenvalue weighted by molar-refractivity contribution is -0.118. The number of ether oxygens (including phenoxy) is 2. The summed E-state index contributed by atoms with van der Waals surface area (Å²) in [6.45, 7) is 3.96. The van der Waals surface area contributed by atoms with Crippen LogP contribution in [-0.4, -0.2) is 26.1 Å². The van der Waals surface area contributed by atoms with E-state index >= 15 is 0 Å². The van der Waals surface area contributed by atoms with Gasteiger partial charge in [-0.05, 0) is 60.8 Å². The number of hydrogen-bond donors (Lipinski definition) is 0. The molecule has 0 aromatic heterocycles. The van der Waals surface area contributed by atoms with Gasteiger partial charge in [-0.2, -0.15) is 0 Å². The van der Waals surface area contributed by atoms with Gasteiger partial charge in [-0.15, -0.1) is 0 Å². The van der Waals surface area contributed by atoms with Crippen LogP contribution in [0.2, 0.25) is 0 Å². The predicted octanol–water partition coefficient (Wildman–Crippen LogP) is 6.61. The highest BCUT2D eigenvalue weighted by molar-refractivity contribution is 5.82. The average molecular weight is 445 g/mol. The Bertz CT molecular complexity index is 996. The van der Waals surface area contributed by atoms with Gasteiger partial charge in [0, 0.05) is 37.5 Å². The summed E-state index contributed by atoms with van der Waals surface area (Å²) in [5.41, 5.74) is 6.36. The molecule has 174 valence electrons. The van der Waals surface area contributed by atoms with Gasteiger partial charge in [0.25, 0.3) is 0 Å². The van der Waals surface area contributed by atoms with E-state index in [2.05, 4.69) is 61.5 Å². The fraction of sp³-hybridized carbons (Fsp3) is 0.433. The molecule has 3 heteroatoms. The van der Waals surface area contributed by atoms with E-state index in [1.807, 2.05) is 6.07 Å². The van der Waals surface area contributed by atoms with Crippen molar-refractivity contribution in [2.75, 3.05) is 20.3 Å². The van der Waals surface area contributed by atoms with Crippen molar-refractivity contribution < 1.29 is 14.3 Å². The van der Waals surface area contributed by atoms with Crippen LogP contribution in [0.1, 0.15) is 55.7 Å². The molecule has 0 N–H and O–H groups in total. The summed E-state index contributed by atoms with van der Waals surface area (Å²) in [6, 6.07) is 17.0. The number of methoxy groups -OCH3 is 1. The lowest BCUT2D eigenvalue weighted by Gasteiger charge is -2.22. The van der Waals surface area contributed by atoms with Gasteiger partial charge in [-0.1, -0.05) is 67.1 Å². The molecule has 1 fully saturated rings. The highest BCUT2D eigenvalue weighted by atomic mass is 16.5. The SMILES string of the molecule is CCC1C(CCC(=O)Cc2cc(CC3CCOCC3)ccc2OC)=CC=C1c1ccccc1. The second kappa shape index (κ2) is 11.5. The van der Waals surface area contributed by atoms with E-state index in [0.29, 0.717) is 24.7 Å². The molecule has 0 spiro atoms. The Morgan fingerprint density at radius 1 is 1.06 bits per heavy atom. The maximum Gasteiger partial charge on any atom is 0.137 e. The lowest BCUT2D eigenvalue weighted by Crippen LogP contribution is -2.17. The van der Waals surface area contributed by atoms with Crippen molar-refractivity contribution in [3.05, 3.63) is 82.9 Å². The molecule has 0 radical (unpaired) electrons. The van der Waals surface area contributed by atoms with E-state index in [1.54, 1.807) is 7.11 Å². The molecule has 3 nitrogen and oxygen atoms in total. The number of carbonyl (C=O) groups is 1. The van der Waals surface area contributed by atoms with Gasteiger partial charge in [0.15, 0.2) is 0 Å². The molecule has 2 aliphatic rings. The molecule has 0 bridgehead atoms. The molecule has 4 rings (SSSR count). The molecule has 2 aromatic carbocycles. The van der Waals surface area contributed by atoms with Crippen molar-refractivity contribution in [2.24, 2.45) is 11.8 Å². The Morgan fingerprint density at radius 2 is 1.85 bits per heavy atom. The molecule has 0 amide bonds. The third kappa shape index (κ3) is 6.03. The number of carbonyl (C=O) groups excluding carboxylic acids is 1. The number of rotatable bonds is 10. The van der Waals surface area contributed by atoms with Gasteiger partial charge < -0.3 is 9.47 Å². The third-order valence-corrected chi connectivity index (χ3v) is 7.11. The Balaban J connectivity index is 1.35. The van der Waals surface area contributed by atoms with Crippen molar-refractivity contribution in [3.63, 3.8) is 0 Å². The zero-order valence-corrected chi connectivity index (χ0v) is 20.0. The fourth-order valence-corrected chi connectivity index (χ4v) is 5.26. The average Bonchev–Trinajstić information content (AvgIpc) is 3.27. The first-order valence-corrected chi connectivity index (χ1v) is 12.4. The van der Waals surface area contributed by atoms with E-state index < -0.39 is 0 Å². The minimum atomic E-state index is 0.278. The number of Topliss-reactive ketones (excluding diaryl/α,β-unsaturated/α-hetero) is 1. The fourth-order valence-electron chi connectivity index (χ4n) is 5.26. The molecule has 1 saturated heterocycles. The topological polar surface area (TPSA) is 35.5 Å². The van der Waals surface area contributed by atoms with Crippen LogP contribution in [0.5, 0.6) is 5.75 Å². The van der Waals surface area contributed by atoms with E-state index in [-0.39, 0.29) is 5.78 Å². The van der Waals surface area contributed by atoms with Crippen molar-refractivity contribution >= 4 is 11.4 Å². The predicted molar refractivity (Wildman–Crippen MR) is 134 cm³/mol. The maximum absolute atomic E-state index is 13.0. The smallest absolute Gasteiger partial charge is 0.137 e. The Kier molecular flexibility index (Phi) is 8.17. The highest BCUT2D eigenvalue weighted by Gasteiger charge is 2.23. The summed E-state index contributed by atoms with van der Waals surface area (Å²) in [4.78, 5) is 13.0. The summed E-state index contributed by atoms with van der Waals surface area (Å²) in [6.07, 6.45) is 10.7. The summed E-state index contributed by atoms with van der Waals surface area (Å²) in [5, 5.41) is 0. The van der Waals surface area contributed by atoms with Crippen LogP contribution in [0.25, 0.3) is 5.57 Å². The van der Waals surface area contributed by atoms with Crippen LogP contribution in [0, 0.1) is 11.8 Å². The monoisotopic (exact) mass is 444 g/mol. The second-order valence-electron chi connectivity index (χ2n) is 9.31.